The quantitative estimate of drug-likeness (QED) is 0.226. The predicted molar refractivity (Wildman–Crippen MR) is 39.9 cm³/mol. The van der Waals surface area contributed by atoms with Crippen molar-refractivity contribution in [2.75, 3.05) is 0 Å². The smallest absolute Gasteiger partial charge is 0.287 e. The summed E-state index contributed by atoms with van der Waals surface area (Å²) in [6, 6.07) is 0. The summed E-state index contributed by atoms with van der Waals surface area (Å²) in [5, 5.41) is 9.76. The SMILES string of the molecule is O[N+]1=C2CCCC2SS1.[Cl-]. The predicted octanol–water partition coefficient (Wildman–Crippen LogP) is -1.30. The van der Waals surface area contributed by atoms with E-state index in [1.54, 1.807) is 10.8 Å². The van der Waals surface area contributed by atoms with Crippen LogP contribution in [0.25, 0.3) is 0 Å². The topological polar surface area (TPSA) is 23.2 Å². The van der Waals surface area contributed by atoms with E-state index in [2.05, 4.69) is 0 Å². The van der Waals surface area contributed by atoms with Crippen LogP contribution in [-0.2, 0) is 0 Å². The summed E-state index contributed by atoms with van der Waals surface area (Å²) in [5.74, 6) is 0. The average Bonchev–Trinajstić information content (AvgIpc) is 2.35. The maximum absolute atomic E-state index is 9.14. The van der Waals surface area contributed by atoms with Gasteiger partial charge in [-0.05, 0) is 23.6 Å². The molecule has 1 atom stereocenters. The first kappa shape index (κ1) is 8.56. The number of fused-ring (bicyclic) bond motifs is 1. The molecule has 0 aromatic heterocycles. The van der Waals surface area contributed by atoms with Gasteiger partial charge in [-0.3, -0.25) is 5.21 Å². The van der Waals surface area contributed by atoms with Crippen LogP contribution >= 0.6 is 21.8 Å². The molecule has 5 heteroatoms. The van der Waals surface area contributed by atoms with Crippen LogP contribution in [0.15, 0.2) is 0 Å². The summed E-state index contributed by atoms with van der Waals surface area (Å²) in [4.78, 5) is 0. The summed E-state index contributed by atoms with van der Waals surface area (Å²) < 4.78 is 1.34. The third kappa shape index (κ3) is 1.24. The van der Waals surface area contributed by atoms with E-state index in [1.807, 2.05) is 0 Å². The molecule has 58 valence electrons. The van der Waals surface area contributed by atoms with Gasteiger partial charge in [-0.1, -0.05) is 0 Å². The first-order valence-electron chi connectivity index (χ1n) is 3.06. The van der Waals surface area contributed by atoms with Crippen LogP contribution in [0.1, 0.15) is 19.3 Å². The monoisotopic (exact) mass is 197 g/mol. The van der Waals surface area contributed by atoms with Crippen LogP contribution in [0.3, 0.4) is 0 Å². The van der Waals surface area contributed by atoms with Crippen molar-refractivity contribution in [3.8, 4) is 0 Å². The maximum Gasteiger partial charge on any atom is 0.287 e. The number of nitrogens with zero attached hydrogens (tertiary/aromatic N) is 1. The summed E-state index contributed by atoms with van der Waals surface area (Å²) in [5.41, 5.74) is 1.23. The molecule has 2 rings (SSSR count). The number of rotatable bonds is 0. The zero-order chi connectivity index (χ0) is 6.27. The minimum atomic E-state index is 0. The molecule has 0 aromatic rings. The Kier molecular flexibility index (Phi) is 2.77. The fourth-order valence-electron chi connectivity index (χ4n) is 1.26. The van der Waals surface area contributed by atoms with Gasteiger partial charge < -0.3 is 12.4 Å². The Labute approximate surface area is 74.0 Å². The zero-order valence-corrected chi connectivity index (χ0v) is 7.68. The number of halogens is 1. The van der Waals surface area contributed by atoms with E-state index in [0.717, 1.165) is 6.42 Å². The molecular weight excluding hydrogens is 190 g/mol. The molecule has 2 nitrogen and oxygen atoms in total. The lowest BCUT2D eigenvalue weighted by Crippen LogP contribution is -3.00. The molecule has 1 fully saturated rings. The van der Waals surface area contributed by atoms with Crippen LogP contribution in [0.5, 0.6) is 0 Å². The maximum atomic E-state index is 9.14. The summed E-state index contributed by atoms with van der Waals surface area (Å²) in [6.07, 6.45) is 3.61. The lowest BCUT2D eigenvalue weighted by molar-refractivity contribution is -0.643. The Balaban J connectivity index is 0.000000500. The van der Waals surface area contributed by atoms with Crippen LogP contribution in [0.2, 0.25) is 0 Å². The number of hydrogen-bond acceptors (Lipinski definition) is 3. The van der Waals surface area contributed by atoms with Crippen molar-refractivity contribution >= 4 is 27.5 Å². The Bertz CT molecular complexity index is 173. The van der Waals surface area contributed by atoms with Crippen molar-refractivity contribution in [2.24, 2.45) is 0 Å². The van der Waals surface area contributed by atoms with Gasteiger partial charge in [0.15, 0.2) is 0 Å². The van der Waals surface area contributed by atoms with Crippen molar-refractivity contribution in [3.63, 3.8) is 0 Å². The molecule has 1 aliphatic heterocycles. The highest BCUT2D eigenvalue weighted by atomic mass is 35.5. The molecule has 0 aromatic carbocycles. The first-order valence-corrected chi connectivity index (χ1v) is 5.23. The lowest BCUT2D eigenvalue weighted by atomic mass is 10.3. The largest absolute Gasteiger partial charge is 1.00 e. The zero-order valence-electron chi connectivity index (χ0n) is 5.29. The van der Waals surface area contributed by atoms with E-state index in [0.29, 0.717) is 5.25 Å². The molecule has 10 heavy (non-hydrogen) atoms. The van der Waals surface area contributed by atoms with Gasteiger partial charge in [0.05, 0.1) is 4.14 Å². The molecule has 1 aliphatic carbocycles. The molecule has 0 saturated heterocycles. The van der Waals surface area contributed by atoms with E-state index < -0.39 is 0 Å². The Morgan fingerprint density at radius 1 is 1.60 bits per heavy atom. The van der Waals surface area contributed by atoms with Crippen molar-refractivity contribution in [2.45, 2.75) is 24.5 Å². The van der Waals surface area contributed by atoms with Crippen LogP contribution in [0.4, 0.5) is 0 Å². The summed E-state index contributed by atoms with van der Waals surface area (Å²) in [6.45, 7) is 0. The fourth-order valence-corrected chi connectivity index (χ4v) is 3.88. The third-order valence-electron chi connectivity index (χ3n) is 1.75. The van der Waals surface area contributed by atoms with E-state index in [-0.39, 0.29) is 12.4 Å². The van der Waals surface area contributed by atoms with Gasteiger partial charge in [0.25, 0.3) is 11.0 Å². The van der Waals surface area contributed by atoms with Crippen LogP contribution in [0, 0.1) is 0 Å². The second kappa shape index (κ2) is 3.24. The Morgan fingerprint density at radius 2 is 2.40 bits per heavy atom. The average molecular weight is 198 g/mol. The minimum absolute atomic E-state index is 0. The highest BCUT2D eigenvalue weighted by Crippen LogP contribution is 2.41. The van der Waals surface area contributed by atoms with Gasteiger partial charge in [0.2, 0.25) is 5.71 Å². The van der Waals surface area contributed by atoms with Crippen molar-refractivity contribution in [1.29, 1.82) is 0 Å². The summed E-state index contributed by atoms with van der Waals surface area (Å²) in [7, 11) is 3.23. The molecule has 2 aliphatic rings. The molecule has 1 unspecified atom stereocenters. The normalized spacial score (nSPS) is 30.2. The highest BCUT2D eigenvalue weighted by molar-refractivity contribution is 8.75. The molecule has 0 bridgehead atoms. The third-order valence-corrected chi connectivity index (χ3v) is 4.33. The highest BCUT2D eigenvalue weighted by Gasteiger charge is 2.40. The van der Waals surface area contributed by atoms with Gasteiger partial charge in [-0.2, -0.15) is 0 Å². The van der Waals surface area contributed by atoms with Crippen molar-refractivity contribution in [3.05, 3.63) is 0 Å². The van der Waals surface area contributed by atoms with Crippen LogP contribution in [-0.4, -0.2) is 20.3 Å². The van der Waals surface area contributed by atoms with Gasteiger partial charge in [-0.15, -0.1) is 0 Å². The molecule has 0 amide bonds. The molecule has 0 radical (unpaired) electrons. The Morgan fingerprint density at radius 3 is 3.10 bits per heavy atom. The second-order valence-corrected chi connectivity index (χ2v) is 4.60. The van der Waals surface area contributed by atoms with Gasteiger partial charge in [0.1, 0.15) is 5.25 Å². The van der Waals surface area contributed by atoms with E-state index in [9.17, 15) is 0 Å². The van der Waals surface area contributed by atoms with E-state index >= 15 is 0 Å². The van der Waals surface area contributed by atoms with Crippen LogP contribution < -0.4 is 12.4 Å². The fraction of sp³-hybridized carbons (Fsp3) is 0.800. The van der Waals surface area contributed by atoms with E-state index in [1.165, 1.54) is 33.7 Å². The van der Waals surface area contributed by atoms with Gasteiger partial charge >= 0.3 is 0 Å². The van der Waals surface area contributed by atoms with Gasteiger partial charge in [0, 0.05) is 6.42 Å². The molecule has 0 spiro atoms. The molecule has 1 N–H and O–H groups in total. The minimum Gasteiger partial charge on any atom is -1.00 e. The van der Waals surface area contributed by atoms with Crippen molar-refractivity contribution < 1.29 is 21.8 Å². The van der Waals surface area contributed by atoms with E-state index in [4.69, 9.17) is 5.21 Å². The Hall–Kier alpha value is 0.460. The van der Waals surface area contributed by atoms with Gasteiger partial charge in [-0.25, -0.2) is 0 Å². The van der Waals surface area contributed by atoms with Crippen molar-refractivity contribution in [1.82, 2.24) is 0 Å². The second-order valence-electron chi connectivity index (χ2n) is 2.32. The molecule has 1 heterocycles. The first-order chi connectivity index (χ1) is 4.38. The summed E-state index contributed by atoms with van der Waals surface area (Å²) >= 11 is 0. The molecule has 1 saturated carbocycles. The number of hydrogen-bond donors (Lipinski definition) is 1. The molecular formula is C5H8ClNOS2. The lowest BCUT2D eigenvalue weighted by Gasteiger charge is -1.87. The standard InChI is InChI=1S/C5H8NOS2.ClH/c7-6-4-2-1-3-5(4)8-9-6;/h5,7H,1-3H2;1H/q+1;/p-1.